The zero-order valence-electron chi connectivity index (χ0n) is 18.2. The molecule has 4 rings (SSSR count). The van der Waals surface area contributed by atoms with Gasteiger partial charge in [-0.25, -0.2) is 0 Å². The summed E-state index contributed by atoms with van der Waals surface area (Å²) in [6, 6.07) is 17.2. The Morgan fingerprint density at radius 3 is 2.29 bits per heavy atom. The molecular weight excluding hydrogens is 390 g/mol. The number of ether oxygens (including phenoxy) is 2. The fourth-order valence-electron chi connectivity index (χ4n) is 4.26. The van der Waals surface area contributed by atoms with Crippen LogP contribution >= 0.6 is 0 Å². The number of nitrogens with zero attached hydrogens (tertiary/aromatic N) is 2. The molecule has 0 atom stereocenters. The Morgan fingerprint density at radius 1 is 0.903 bits per heavy atom. The van der Waals surface area contributed by atoms with Crippen molar-refractivity contribution in [2.45, 2.75) is 19.3 Å². The summed E-state index contributed by atoms with van der Waals surface area (Å²) in [7, 11) is 0. The maximum Gasteiger partial charge on any atom is 0.238 e. The highest BCUT2D eigenvalue weighted by molar-refractivity contribution is 5.92. The second-order valence-electron chi connectivity index (χ2n) is 8.45. The van der Waals surface area contributed by atoms with Gasteiger partial charge in [0.25, 0.3) is 0 Å². The lowest BCUT2D eigenvalue weighted by atomic mass is 9.93. The molecule has 0 bridgehead atoms. The van der Waals surface area contributed by atoms with Crippen LogP contribution in [0.3, 0.4) is 0 Å². The molecule has 0 unspecified atom stereocenters. The molecule has 2 saturated heterocycles. The van der Waals surface area contributed by atoms with E-state index in [0.29, 0.717) is 6.54 Å². The zero-order valence-corrected chi connectivity index (χ0v) is 18.2. The minimum Gasteiger partial charge on any atom is -0.457 e. The highest BCUT2D eigenvalue weighted by Gasteiger charge is 2.22. The Kier molecular flexibility index (Phi) is 7.93. The van der Waals surface area contributed by atoms with Gasteiger partial charge in [0, 0.05) is 18.8 Å². The summed E-state index contributed by atoms with van der Waals surface area (Å²) in [5, 5.41) is 3.01. The molecule has 2 aliphatic rings. The molecule has 2 aliphatic heterocycles. The smallest absolute Gasteiger partial charge is 0.238 e. The number of piperidine rings is 1. The number of carbonyl (C=O) groups excluding carboxylic acids is 1. The molecule has 31 heavy (non-hydrogen) atoms. The van der Waals surface area contributed by atoms with Crippen molar-refractivity contribution in [2.24, 2.45) is 5.92 Å². The van der Waals surface area contributed by atoms with Crippen LogP contribution in [-0.4, -0.2) is 68.2 Å². The first-order valence-corrected chi connectivity index (χ1v) is 11.4. The SMILES string of the molecule is O=C(CN1CCC(CCN2CCOCC2)CC1)Nc1ccc(Oc2ccccc2)cc1. The summed E-state index contributed by atoms with van der Waals surface area (Å²) in [6.45, 7) is 7.52. The second-order valence-corrected chi connectivity index (χ2v) is 8.45. The van der Waals surface area contributed by atoms with Gasteiger partial charge in [-0.3, -0.25) is 14.6 Å². The van der Waals surface area contributed by atoms with Crippen LogP contribution < -0.4 is 10.1 Å². The number of nitrogens with one attached hydrogen (secondary N) is 1. The van der Waals surface area contributed by atoms with E-state index in [-0.39, 0.29) is 5.91 Å². The van der Waals surface area contributed by atoms with Gasteiger partial charge in [-0.1, -0.05) is 18.2 Å². The highest BCUT2D eigenvalue weighted by atomic mass is 16.5. The summed E-state index contributed by atoms with van der Waals surface area (Å²) in [6.07, 6.45) is 3.63. The Bertz CT molecular complexity index is 799. The van der Waals surface area contributed by atoms with Gasteiger partial charge in [0.05, 0.1) is 19.8 Å². The van der Waals surface area contributed by atoms with E-state index in [2.05, 4.69) is 15.1 Å². The van der Waals surface area contributed by atoms with E-state index in [1.165, 1.54) is 25.8 Å². The molecule has 1 N–H and O–H groups in total. The predicted octanol–water partition coefficient (Wildman–Crippen LogP) is 3.85. The summed E-state index contributed by atoms with van der Waals surface area (Å²) >= 11 is 0. The standard InChI is InChI=1S/C25H33N3O3/c29-25(26-22-6-8-24(9-7-22)31-23-4-2-1-3-5-23)20-28-14-11-21(12-15-28)10-13-27-16-18-30-19-17-27/h1-9,21H,10-20H2,(H,26,29). The fourth-order valence-corrected chi connectivity index (χ4v) is 4.26. The van der Waals surface area contributed by atoms with Crippen LogP contribution in [0.4, 0.5) is 5.69 Å². The van der Waals surface area contributed by atoms with Crippen LogP contribution in [-0.2, 0) is 9.53 Å². The van der Waals surface area contributed by atoms with Gasteiger partial charge in [0.2, 0.25) is 5.91 Å². The van der Waals surface area contributed by atoms with Gasteiger partial charge < -0.3 is 14.8 Å². The number of benzene rings is 2. The number of likely N-dealkylation sites (tertiary alicyclic amines) is 1. The number of anilines is 1. The number of morpholine rings is 1. The number of carbonyl (C=O) groups is 1. The Labute approximate surface area is 185 Å². The maximum absolute atomic E-state index is 12.5. The van der Waals surface area contributed by atoms with Crippen LogP contribution in [0, 0.1) is 5.92 Å². The molecule has 1 amide bonds. The summed E-state index contributed by atoms with van der Waals surface area (Å²) < 4.78 is 11.2. The van der Waals surface area contributed by atoms with Crippen LogP contribution in [0.2, 0.25) is 0 Å². The third-order valence-corrected chi connectivity index (χ3v) is 6.15. The lowest BCUT2D eigenvalue weighted by Crippen LogP contribution is -2.41. The normalized spacial score (nSPS) is 18.6. The fraction of sp³-hybridized carbons (Fsp3) is 0.480. The topological polar surface area (TPSA) is 54.0 Å². The molecule has 6 nitrogen and oxygen atoms in total. The number of para-hydroxylation sites is 1. The van der Waals surface area contributed by atoms with E-state index in [4.69, 9.17) is 9.47 Å². The van der Waals surface area contributed by atoms with E-state index >= 15 is 0 Å². The molecule has 0 radical (unpaired) electrons. The van der Waals surface area contributed by atoms with Crippen LogP contribution in [0.15, 0.2) is 54.6 Å². The van der Waals surface area contributed by atoms with E-state index in [1.54, 1.807) is 0 Å². The lowest BCUT2D eigenvalue weighted by Gasteiger charge is -2.33. The molecule has 0 saturated carbocycles. The molecule has 2 heterocycles. The summed E-state index contributed by atoms with van der Waals surface area (Å²) in [5.74, 6) is 2.37. The van der Waals surface area contributed by atoms with Crippen molar-refractivity contribution in [1.29, 1.82) is 0 Å². The lowest BCUT2D eigenvalue weighted by molar-refractivity contribution is -0.117. The van der Waals surface area contributed by atoms with Gasteiger partial charge in [-0.2, -0.15) is 0 Å². The molecular formula is C25H33N3O3. The molecule has 0 aliphatic carbocycles. The van der Waals surface area contributed by atoms with Gasteiger partial charge in [-0.15, -0.1) is 0 Å². The van der Waals surface area contributed by atoms with Crippen LogP contribution in [0.25, 0.3) is 0 Å². The first-order chi connectivity index (χ1) is 15.2. The average molecular weight is 424 g/mol. The van der Waals surface area contributed by atoms with Crippen molar-refractivity contribution in [3.05, 3.63) is 54.6 Å². The first kappa shape index (κ1) is 21.8. The van der Waals surface area contributed by atoms with Crippen LogP contribution in [0.5, 0.6) is 11.5 Å². The van der Waals surface area contributed by atoms with E-state index in [0.717, 1.165) is 62.5 Å². The van der Waals surface area contributed by atoms with Gasteiger partial charge >= 0.3 is 0 Å². The zero-order chi connectivity index (χ0) is 21.3. The van der Waals surface area contributed by atoms with E-state index < -0.39 is 0 Å². The summed E-state index contributed by atoms with van der Waals surface area (Å²) in [4.78, 5) is 17.3. The Balaban J connectivity index is 1.15. The maximum atomic E-state index is 12.5. The van der Waals surface area contributed by atoms with Crippen molar-refractivity contribution < 1.29 is 14.3 Å². The average Bonchev–Trinajstić information content (AvgIpc) is 2.81. The van der Waals surface area contributed by atoms with Gasteiger partial charge in [0.15, 0.2) is 0 Å². The predicted molar refractivity (Wildman–Crippen MR) is 123 cm³/mol. The number of amides is 1. The van der Waals surface area contributed by atoms with Crippen molar-refractivity contribution in [3.63, 3.8) is 0 Å². The molecule has 0 spiro atoms. The van der Waals surface area contributed by atoms with Crippen molar-refractivity contribution in [2.75, 3.05) is 57.8 Å². The van der Waals surface area contributed by atoms with Crippen molar-refractivity contribution in [1.82, 2.24) is 9.80 Å². The minimum absolute atomic E-state index is 0.0449. The molecule has 2 aromatic carbocycles. The quantitative estimate of drug-likeness (QED) is 0.699. The molecule has 6 heteroatoms. The van der Waals surface area contributed by atoms with E-state index in [1.807, 2.05) is 54.6 Å². The molecule has 2 fully saturated rings. The second kappa shape index (κ2) is 11.3. The molecule has 166 valence electrons. The summed E-state index contributed by atoms with van der Waals surface area (Å²) in [5.41, 5.74) is 0.797. The monoisotopic (exact) mass is 423 g/mol. The molecule has 0 aromatic heterocycles. The minimum atomic E-state index is 0.0449. The molecule has 2 aromatic rings. The van der Waals surface area contributed by atoms with Gasteiger partial charge in [0.1, 0.15) is 11.5 Å². The third-order valence-electron chi connectivity index (χ3n) is 6.15. The third kappa shape index (κ3) is 7.06. The van der Waals surface area contributed by atoms with Crippen LogP contribution in [0.1, 0.15) is 19.3 Å². The highest BCUT2D eigenvalue weighted by Crippen LogP contribution is 2.23. The Hall–Kier alpha value is -2.41. The number of rotatable bonds is 8. The van der Waals surface area contributed by atoms with E-state index in [9.17, 15) is 4.79 Å². The first-order valence-electron chi connectivity index (χ1n) is 11.4. The largest absolute Gasteiger partial charge is 0.457 e. The van der Waals surface area contributed by atoms with Crippen molar-refractivity contribution in [3.8, 4) is 11.5 Å². The van der Waals surface area contributed by atoms with Crippen molar-refractivity contribution >= 4 is 11.6 Å². The Morgan fingerprint density at radius 2 is 1.58 bits per heavy atom. The number of hydrogen-bond acceptors (Lipinski definition) is 5. The van der Waals surface area contributed by atoms with Gasteiger partial charge in [-0.05, 0) is 81.2 Å². The number of hydrogen-bond donors (Lipinski definition) is 1.